The van der Waals surface area contributed by atoms with Crippen molar-refractivity contribution in [2.75, 3.05) is 13.2 Å². The first-order chi connectivity index (χ1) is 16.1. The van der Waals surface area contributed by atoms with Crippen LogP contribution in [0.4, 0.5) is 0 Å². The Kier molecular flexibility index (Phi) is 6.25. The Morgan fingerprint density at radius 3 is 2.55 bits per heavy atom. The van der Waals surface area contributed by atoms with E-state index in [1.807, 2.05) is 60.4 Å². The fourth-order valence-electron chi connectivity index (χ4n) is 5.56. The SMILES string of the molecule is CC(NC(=O)C1CC2CCCCC2N1C(=O)c1ccccc1)c1ccc2c(c1)OCCCO2. The maximum atomic E-state index is 13.5. The Morgan fingerprint density at radius 1 is 0.970 bits per heavy atom. The van der Waals surface area contributed by atoms with E-state index in [9.17, 15) is 9.59 Å². The maximum absolute atomic E-state index is 13.5. The minimum absolute atomic E-state index is 0.0339. The number of ether oxygens (including phenoxy) is 2. The van der Waals surface area contributed by atoms with Gasteiger partial charge in [-0.3, -0.25) is 9.59 Å². The Labute approximate surface area is 195 Å². The Balaban J connectivity index is 1.35. The summed E-state index contributed by atoms with van der Waals surface area (Å²) in [6.45, 7) is 3.25. The zero-order valence-electron chi connectivity index (χ0n) is 19.2. The number of likely N-dealkylation sites (tertiary alicyclic amines) is 1. The van der Waals surface area contributed by atoms with E-state index < -0.39 is 6.04 Å². The van der Waals surface area contributed by atoms with Crippen molar-refractivity contribution in [3.8, 4) is 11.5 Å². The van der Waals surface area contributed by atoms with Crippen LogP contribution in [0.1, 0.15) is 67.4 Å². The van der Waals surface area contributed by atoms with Crippen LogP contribution in [-0.2, 0) is 4.79 Å². The van der Waals surface area contributed by atoms with E-state index in [0.717, 1.165) is 49.2 Å². The molecule has 0 bridgehead atoms. The molecule has 4 atom stereocenters. The Morgan fingerprint density at radius 2 is 1.73 bits per heavy atom. The van der Waals surface area contributed by atoms with Gasteiger partial charge in [0.1, 0.15) is 6.04 Å². The van der Waals surface area contributed by atoms with Crippen molar-refractivity contribution in [3.63, 3.8) is 0 Å². The highest BCUT2D eigenvalue weighted by atomic mass is 16.5. The average Bonchev–Trinajstić information content (AvgIpc) is 3.08. The molecule has 4 unspecified atom stereocenters. The van der Waals surface area contributed by atoms with E-state index in [-0.39, 0.29) is 23.9 Å². The molecule has 2 aliphatic heterocycles. The monoisotopic (exact) mass is 448 g/mol. The number of rotatable bonds is 4. The van der Waals surface area contributed by atoms with E-state index >= 15 is 0 Å². The highest BCUT2D eigenvalue weighted by molar-refractivity contribution is 5.98. The van der Waals surface area contributed by atoms with E-state index in [1.165, 1.54) is 6.42 Å². The Bertz CT molecular complexity index is 1010. The fourth-order valence-corrected chi connectivity index (χ4v) is 5.56. The van der Waals surface area contributed by atoms with Crippen LogP contribution in [0.3, 0.4) is 0 Å². The summed E-state index contributed by atoms with van der Waals surface area (Å²) in [5, 5.41) is 3.18. The van der Waals surface area contributed by atoms with Crippen LogP contribution >= 0.6 is 0 Å². The number of benzene rings is 2. The second-order valence-electron chi connectivity index (χ2n) is 9.43. The zero-order valence-corrected chi connectivity index (χ0v) is 19.2. The van der Waals surface area contributed by atoms with Crippen LogP contribution in [0.15, 0.2) is 48.5 Å². The molecule has 1 N–H and O–H groups in total. The summed E-state index contributed by atoms with van der Waals surface area (Å²) in [6, 6.07) is 14.7. The quantitative estimate of drug-likeness (QED) is 0.748. The molecule has 0 radical (unpaired) electrons. The average molecular weight is 449 g/mol. The lowest BCUT2D eigenvalue weighted by Crippen LogP contribution is -2.50. The number of hydrogen-bond donors (Lipinski definition) is 1. The Hall–Kier alpha value is -3.02. The molecule has 6 nitrogen and oxygen atoms in total. The van der Waals surface area contributed by atoms with Crippen molar-refractivity contribution in [1.29, 1.82) is 0 Å². The van der Waals surface area contributed by atoms with Crippen molar-refractivity contribution in [3.05, 3.63) is 59.7 Å². The van der Waals surface area contributed by atoms with Gasteiger partial charge in [-0.1, -0.05) is 37.1 Å². The summed E-state index contributed by atoms with van der Waals surface area (Å²) >= 11 is 0. The highest BCUT2D eigenvalue weighted by Crippen LogP contribution is 2.41. The molecule has 174 valence electrons. The molecule has 33 heavy (non-hydrogen) atoms. The van der Waals surface area contributed by atoms with Crippen LogP contribution < -0.4 is 14.8 Å². The number of hydrogen-bond acceptors (Lipinski definition) is 4. The number of fused-ring (bicyclic) bond motifs is 2. The predicted octanol–water partition coefficient (Wildman–Crippen LogP) is 4.50. The van der Waals surface area contributed by atoms with Gasteiger partial charge in [-0.2, -0.15) is 0 Å². The topological polar surface area (TPSA) is 67.9 Å². The standard InChI is InChI=1S/C27H32N2O4/c1-18(20-12-13-24-25(17-20)33-15-7-14-32-24)28-26(30)23-16-21-10-5-6-11-22(21)29(23)27(31)19-8-3-2-4-9-19/h2-4,8-9,12-13,17-18,21-23H,5-7,10-11,14-16H2,1H3,(H,28,30). The predicted molar refractivity (Wildman–Crippen MR) is 125 cm³/mol. The van der Waals surface area contributed by atoms with Crippen LogP contribution in [0, 0.1) is 5.92 Å². The highest BCUT2D eigenvalue weighted by Gasteiger charge is 2.47. The molecule has 1 saturated carbocycles. The number of nitrogens with zero attached hydrogens (tertiary/aromatic N) is 1. The molecule has 6 heteroatoms. The first-order valence-electron chi connectivity index (χ1n) is 12.2. The van der Waals surface area contributed by atoms with Gasteiger partial charge < -0.3 is 19.7 Å². The minimum Gasteiger partial charge on any atom is -0.490 e. The van der Waals surface area contributed by atoms with E-state index in [0.29, 0.717) is 24.7 Å². The molecule has 2 fully saturated rings. The summed E-state index contributed by atoms with van der Waals surface area (Å²) < 4.78 is 11.5. The van der Waals surface area contributed by atoms with E-state index in [4.69, 9.17) is 9.47 Å². The number of amides is 2. The van der Waals surface area contributed by atoms with Crippen molar-refractivity contribution in [2.24, 2.45) is 5.92 Å². The first kappa shape index (κ1) is 21.8. The lowest BCUT2D eigenvalue weighted by molar-refractivity contribution is -0.125. The van der Waals surface area contributed by atoms with Gasteiger partial charge in [0.2, 0.25) is 5.91 Å². The molecule has 2 amide bonds. The van der Waals surface area contributed by atoms with Gasteiger partial charge in [-0.15, -0.1) is 0 Å². The van der Waals surface area contributed by atoms with Crippen molar-refractivity contribution in [2.45, 2.75) is 63.6 Å². The van der Waals surface area contributed by atoms with Gasteiger partial charge in [0.05, 0.1) is 19.3 Å². The summed E-state index contributed by atoms with van der Waals surface area (Å²) in [4.78, 5) is 28.9. The molecular weight excluding hydrogens is 416 g/mol. The maximum Gasteiger partial charge on any atom is 0.254 e. The second kappa shape index (κ2) is 9.46. The molecule has 0 spiro atoms. The fraction of sp³-hybridized carbons (Fsp3) is 0.481. The first-order valence-corrected chi connectivity index (χ1v) is 12.2. The number of carbonyl (C=O) groups is 2. The molecule has 5 rings (SSSR count). The molecule has 1 saturated heterocycles. The lowest BCUT2D eigenvalue weighted by Gasteiger charge is -2.34. The van der Waals surface area contributed by atoms with Gasteiger partial charge in [-0.25, -0.2) is 0 Å². The minimum atomic E-state index is -0.436. The van der Waals surface area contributed by atoms with Gasteiger partial charge >= 0.3 is 0 Å². The van der Waals surface area contributed by atoms with Crippen LogP contribution in [0.25, 0.3) is 0 Å². The van der Waals surface area contributed by atoms with Crippen molar-refractivity contribution >= 4 is 11.8 Å². The third kappa shape index (κ3) is 4.43. The molecule has 1 aliphatic carbocycles. The lowest BCUT2D eigenvalue weighted by atomic mass is 9.84. The van der Waals surface area contributed by atoms with Gasteiger partial charge in [0.25, 0.3) is 5.91 Å². The summed E-state index contributed by atoms with van der Waals surface area (Å²) in [5.41, 5.74) is 1.61. The van der Waals surface area contributed by atoms with Crippen LogP contribution in [0.5, 0.6) is 11.5 Å². The smallest absolute Gasteiger partial charge is 0.254 e. The molecule has 0 aromatic heterocycles. The van der Waals surface area contributed by atoms with E-state index in [1.54, 1.807) is 0 Å². The zero-order chi connectivity index (χ0) is 22.8. The van der Waals surface area contributed by atoms with Gasteiger partial charge in [-0.05, 0) is 61.9 Å². The number of carbonyl (C=O) groups excluding carboxylic acids is 2. The number of nitrogens with one attached hydrogen (secondary N) is 1. The molecule has 3 aliphatic rings. The van der Waals surface area contributed by atoms with Crippen LogP contribution in [0.2, 0.25) is 0 Å². The molecule has 2 heterocycles. The second-order valence-corrected chi connectivity index (χ2v) is 9.43. The normalized spacial score (nSPS) is 25.0. The van der Waals surface area contributed by atoms with Gasteiger partial charge in [0.15, 0.2) is 11.5 Å². The van der Waals surface area contributed by atoms with Crippen LogP contribution in [-0.4, -0.2) is 42.0 Å². The summed E-state index contributed by atoms with van der Waals surface area (Å²) in [7, 11) is 0. The van der Waals surface area contributed by atoms with Crippen molar-refractivity contribution < 1.29 is 19.1 Å². The molecular formula is C27H32N2O4. The summed E-state index contributed by atoms with van der Waals surface area (Å²) in [5.74, 6) is 1.75. The van der Waals surface area contributed by atoms with Gasteiger partial charge in [0, 0.05) is 18.0 Å². The third-order valence-electron chi connectivity index (χ3n) is 7.28. The summed E-state index contributed by atoms with van der Waals surface area (Å²) in [6.07, 6.45) is 5.95. The molecule has 2 aromatic carbocycles. The van der Waals surface area contributed by atoms with E-state index in [2.05, 4.69) is 5.32 Å². The van der Waals surface area contributed by atoms with Crippen molar-refractivity contribution in [1.82, 2.24) is 10.2 Å². The third-order valence-corrected chi connectivity index (χ3v) is 7.28. The largest absolute Gasteiger partial charge is 0.490 e. The molecule has 2 aromatic rings.